The van der Waals surface area contributed by atoms with Crippen molar-refractivity contribution in [3.05, 3.63) is 41.7 Å². The average Bonchev–Trinajstić information content (AvgIpc) is 3.24. The molecule has 2 heterocycles. The second kappa shape index (κ2) is 7.02. The number of carbonyl (C=O) groups is 2. The number of benzene rings is 1. The first-order valence-electron chi connectivity index (χ1n) is 8.11. The predicted octanol–water partition coefficient (Wildman–Crippen LogP) is 1.33. The van der Waals surface area contributed by atoms with Gasteiger partial charge in [0.25, 0.3) is 5.91 Å². The number of hydrogen-bond donors (Lipinski definition) is 0. The Balaban J connectivity index is 1.99. The molecule has 8 heteroatoms. The summed E-state index contributed by atoms with van der Waals surface area (Å²) in [6, 6.07) is 5.17. The molecule has 1 aromatic heterocycles. The van der Waals surface area contributed by atoms with Crippen molar-refractivity contribution in [2.45, 2.75) is 33.0 Å². The molecule has 2 aromatic rings. The minimum atomic E-state index is -1.04. The van der Waals surface area contributed by atoms with Crippen LogP contribution in [-0.2, 0) is 14.3 Å². The molecule has 25 heavy (non-hydrogen) atoms. The fraction of sp³-hybridized carbons (Fsp3) is 0.412. The summed E-state index contributed by atoms with van der Waals surface area (Å²) in [5.41, 5.74) is 1.87. The molecule has 1 amide bonds. The van der Waals surface area contributed by atoms with Crippen LogP contribution in [-0.4, -0.2) is 57.3 Å². The van der Waals surface area contributed by atoms with Crippen LogP contribution in [0, 0.1) is 6.92 Å². The van der Waals surface area contributed by atoms with Gasteiger partial charge in [0.05, 0.1) is 42.9 Å². The molecule has 1 aromatic carbocycles. The van der Waals surface area contributed by atoms with Gasteiger partial charge in [-0.15, -0.1) is 0 Å². The molecule has 1 fully saturated rings. The molecule has 0 unspecified atom stereocenters. The van der Waals surface area contributed by atoms with E-state index in [9.17, 15) is 9.59 Å². The van der Waals surface area contributed by atoms with Gasteiger partial charge in [0, 0.05) is 0 Å². The number of ether oxygens (including phenoxy) is 2. The number of rotatable bonds is 4. The fourth-order valence-corrected chi connectivity index (χ4v) is 2.80. The summed E-state index contributed by atoms with van der Waals surface area (Å²) >= 11 is 0. The van der Waals surface area contributed by atoms with Gasteiger partial charge in [-0.05, 0) is 32.9 Å². The van der Waals surface area contributed by atoms with E-state index in [1.807, 2.05) is 19.9 Å². The van der Waals surface area contributed by atoms with Crippen LogP contribution in [0.5, 0.6) is 0 Å². The molecular formula is C17H20N4O4. The van der Waals surface area contributed by atoms with Crippen molar-refractivity contribution in [3.8, 4) is 5.69 Å². The summed E-state index contributed by atoms with van der Waals surface area (Å²) < 4.78 is 10.5. The lowest BCUT2D eigenvalue weighted by Crippen LogP contribution is -2.45. The van der Waals surface area contributed by atoms with Gasteiger partial charge in [-0.1, -0.05) is 11.6 Å². The number of amides is 1. The first-order valence-corrected chi connectivity index (χ1v) is 8.11. The number of nitrogens with zero attached hydrogens (tertiary/aromatic N) is 4. The van der Waals surface area contributed by atoms with E-state index in [0.29, 0.717) is 11.3 Å². The first-order chi connectivity index (χ1) is 12.0. The number of hydrogen-bond acceptors (Lipinski definition) is 6. The molecule has 8 nitrogen and oxygen atoms in total. The minimum Gasteiger partial charge on any atom is -0.463 e. The van der Waals surface area contributed by atoms with Crippen molar-refractivity contribution in [1.82, 2.24) is 19.9 Å². The fourth-order valence-electron chi connectivity index (χ4n) is 2.80. The Morgan fingerprint density at radius 2 is 2.04 bits per heavy atom. The maximum absolute atomic E-state index is 13.2. The molecule has 3 rings (SSSR count). The standard InChI is InChI=1S/C17H20N4O4/c1-4-24-17(23)16-20(12(3)10-25-16)15(22)13-9-11(2)5-6-14(13)21-18-7-8-19-21/h5-9,12,16H,4,10H2,1-3H3/t12-,16+/m1/s1. The Labute approximate surface area is 145 Å². The Morgan fingerprint density at radius 1 is 1.32 bits per heavy atom. The molecule has 2 atom stereocenters. The maximum Gasteiger partial charge on any atom is 0.356 e. The molecular weight excluding hydrogens is 324 g/mol. The van der Waals surface area contributed by atoms with Crippen LogP contribution >= 0.6 is 0 Å². The van der Waals surface area contributed by atoms with Crippen molar-refractivity contribution in [2.24, 2.45) is 0 Å². The van der Waals surface area contributed by atoms with Crippen LogP contribution in [0.1, 0.15) is 29.8 Å². The molecule has 0 bridgehead atoms. The van der Waals surface area contributed by atoms with Crippen molar-refractivity contribution in [2.75, 3.05) is 13.2 Å². The van der Waals surface area contributed by atoms with Crippen molar-refractivity contribution >= 4 is 11.9 Å². The summed E-state index contributed by atoms with van der Waals surface area (Å²) in [6.07, 6.45) is 2.04. The summed E-state index contributed by atoms with van der Waals surface area (Å²) in [6.45, 7) is 5.94. The third kappa shape index (κ3) is 3.25. The zero-order valence-electron chi connectivity index (χ0n) is 14.4. The van der Waals surface area contributed by atoms with Crippen LogP contribution in [0.15, 0.2) is 30.6 Å². The van der Waals surface area contributed by atoms with Crippen LogP contribution in [0.4, 0.5) is 0 Å². The van der Waals surface area contributed by atoms with E-state index in [4.69, 9.17) is 9.47 Å². The molecule has 0 radical (unpaired) electrons. The van der Waals surface area contributed by atoms with Crippen molar-refractivity contribution in [1.29, 1.82) is 0 Å². The summed E-state index contributed by atoms with van der Waals surface area (Å²) in [4.78, 5) is 28.2. The third-order valence-corrected chi connectivity index (χ3v) is 3.96. The Hall–Kier alpha value is -2.74. The zero-order valence-corrected chi connectivity index (χ0v) is 14.4. The van der Waals surface area contributed by atoms with E-state index in [0.717, 1.165) is 5.56 Å². The Morgan fingerprint density at radius 3 is 2.72 bits per heavy atom. The lowest BCUT2D eigenvalue weighted by molar-refractivity contribution is -0.159. The number of aryl methyl sites for hydroxylation is 1. The molecule has 0 saturated carbocycles. The Bertz CT molecular complexity index is 775. The normalized spacial score (nSPS) is 19.9. The van der Waals surface area contributed by atoms with Gasteiger partial charge >= 0.3 is 5.97 Å². The van der Waals surface area contributed by atoms with E-state index >= 15 is 0 Å². The third-order valence-electron chi connectivity index (χ3n) is 3.96. The largest absolute Gasteiger partial charge is 0.463 e. The summed E-state index contributed by atoms with van der Waals surface area (Å²) in [7, 11) is 0. The highest BCUT2D eigenvalue weighted by Gasteiger charge is 2.42. The van der Waals surface area contributed by atoms with Crippen molar-refractivity contribution in [3.63, 3.8) is 0 Å². The Kier molecular flexibility index (Phi) is 4.80. The quantitative estimate of drug-likeness (QED) is 0.778. The molecule has 132 valence electrons. The summed E-state index contributed by atoms with van der Waals surface area (Å²) in [5.74, 6) is -0.884. The van der Waals surface area contributed by atoms with E-state index in [1.165, 1.54) is 22.1 Å². The van der Waals surface area contributed by atoms with E-state index in [2.05, 4.69) is 10.2 Å². The van der Waals surface area contributed by atoms with Crippen LogP contribution in [0.2, 0.25) is 0 Å². The first kappa shape index (κ1) is 17.1. The second-order valence-electron chi connectivity index (χ2n) is 5.84. The summed E-state index contributed by atoms with van der Waals surface area (Å²) in [5, 5.41) is 8.20. The van der Waals surface area contributed by atoms with Crippen LogP contribution in [0.3, 0.4) is 0 Å². The second-order valence-corrected chi connectivity index (χ2v) is 5.84. The van der Waals surface area contributed by atoms with Gasteiger partial charge < -0.3 is 9.47 Å². The van der Waals surface area contributed by atoms with E-state index < -0.39 is 12.2 Å². The number of aromatic nitrogens is 3. The smallest absolute Gasteiger partial charge is 0.356 e. The highest BCUT2D eigenvalue weighted by Crippen LogP contribution is 2.24. The van der Waals surface area contributed by atoms with Gasteiger partial charge in [-0.3, -0.25) is 9.69 Å². The van der Waals surface area contributed by atoms with Gasteiger partial charge in [0.15, 0.2) is 0 Å². The minimum absolute atomic E-state index is 0.224. The average molecular weight is 344 g/mol. The van der Waals surface area contributed by atoms with Gasteiger partial charge in [-0.25, -0.2) is 4.79 Å². The topological polar surface area (TPSA) is 86.5 Å². The van der Waals surface area contributed by atoms with Gasteiger partial charge in [0.2, 0.25) is 6.23 Å². The van der Waals surface area contributed by atoms with Crippen molar-refractivity contribution < 1.29 is 19.1 Å². The SMILES string of the molecule is CCOC(=O)[C@@H]1OC[C@@H](C)N1C(=O)c1cc(C)ccc1-n1nccn1. The lowest BCUT2D eigenvalue weighted by atomic mass is 10.1. The van der Waals surface area contributed by atoms with Gasteiger partial charge in [-0.2, -0.15) is 15.0 Å². The van der Waals surface area contributed by atoms with E-state index in [1.54, 1.807) is 19.1 Å². The molecule has 1 aliphatic rings. The van der Waals surface area contributed by atoms with Crippen LogP contribution in [0.25, 0.3) is 5.69 Å². The van der Waals surface area contributed by atoms with Gasteiger partial charge in [0.1, 0.15) is 0 Å². The van der Waals surface area contributed by atoms with E-state index in [-0.39, 0.29) is 25.2 Å². The predicted molar refractivity (Wildman–Crippen MR) is 88.1 cm³/mol. The monoisotopic (exact) mass is 344 g/mol. The number of carbonyl (C=O) groups excluding carboxylic acids is 2. The molecule has 0 aliphatic carbocycles. The highest BCUT2D eigenvalue weighted by atomic mass is 16.6. The lowest BCUT2D eigenvalue weighted by Gasteiger charge is -2.26. The number of esters is 1. The highest BCUT2D eigenvalue weighted by molar-refractivity contribution is 6.00. The zero-order chi connectivity index (χ0) is 18.0. The van der Waals surface area contributed by atoms with Crippen LogP contribution < -0.4 is 0 Å². The molecule has 0 spiro atoms. The maximum atomic E-state index is 13.2. The molecule has 0 N–H and O–H groups in total. The molecule has 1 aliphatic heterocycles. The molecule has 1 saturated heterocycles.